The molecule has 1 nitrogen and oxygen atoms in total. The van der Waals surface area contributed by atoms with Crippen LogP contribution >= 0.6 is 0 Å². The van der Waals surface area contributed by atoms with Gasteiger partial charge in [0.05, 0.1) is 0 Å². The van der Waals surface area contributed by atoms with Gasteiger partial charge in [0.25, 0.3) is 0 Å². The van der Waals surface area contributed by atoms with Gasteiger partial charge in [-0.3, -0.25) is 0 Å². The Bertz CT molecular complexity index is 1380. The van der Waals surface area contributed by atoms with E-state index in [4.69, 9.17) is 18.6 Å². The number of rotatable bonds is 20. The summed E-state index contributed by atoms with van der Waals surface area (Å²) in [4.78, 5) is 0. The van der Waals surface area contributed by atoms with Crippen molar-refractivity contribution < 1.29 is 0 Å². The summed E-state index contributed by atoms with van der Waals surface area (Å²) in [6.45, 7) is 16.0. The molecule has 1 aliphatic rings. The van der Waals surface area contributed by atoms with Crippen LogP contribution in [0.25, 0.3) is 0 Å². The van der Waals surface area contributed by atoms with Crippen LogP contribution in [-0.2, 0) is 0 Å². The molecule has 1 heteroatoms. The topological polar surface area (TPSA) is 26.0 Å². The van der Waals surface area contributed by atoms with E-state index in [0.29, 0.717) is 0 Å². The molecule has 1 aliphatic carbocycles. The number of terminal acetylenes is 2. The highest BCUT2D eigenvalue weighted by Gasteiger charge is 2.13. The second-order valence-corrected chi connectivity index (χ2v) is 13.0. The maximum Gasteiger partial charge on any atom is -0.0000000000000000272 e. The van der Waals surface area contributed by atoms with Crippen LogP contribution in [0.4, 0.5) is 0 Å². The Kier molecular flexibility index (Phi) is 49.4. The van der Waals surface area contributed by atoms with Crippen molar-refractivity contribution in [2.75, 3.05) is 6.54 Å². The van der Waals surface area contributed by atoms with Gasteiger partial charge in [-0.1, -0.05) is 167 Å². The molecule has 0 bridgehead atoms. The molecule has 0 aromatic rings. The highest BCUT2D eigenvalue weighted by molar-refractivity contribution is 5.46. The van der Waals surface area contributed by atoms with Crippen LogP contribution in [0.15, 0.2) is 23.8 Å². The predicted octanol–water partition coefficient (Wildman–Crippen LogP) is 12.4. The molecule has 0 aromatic carbocycles. The molecule has 53 heavy (non-hydrogen) atoms. The van der Waals surface area contributed by atoms with Crippen LogP contribution in [0.2, 0.25) is 0 Å². The van der Waals surface area contributed by atoms with E-state index in [0.717, 1.165) is 12.5 Å². The van der Waals surface area contributed by atoms with Crippen LogP contribution in [0.5, 0.6) is 0 Å². The zero-order valence-electron chi connectivity index (χ0n) is 34.6. The quantitative estimate of drug-likeness (QED) is 0.0760. The Hall–Kier alpha value is -4.52. The van der Waals surface area contributed by atoms with E-state index in [-0.39, 0.29) is 0 Å². The van der Waals surface area contributed by atoms with Gasteiger partial charge in [0.2, 0.25) is 0 Å². The van der Waals surface area contributed by atoms with Gasteiger partial charge >= 0.3 is 0 Å². The van der Waals surface area contributed by atoms with Gasteiger partial charge < -0.3 is 5.73 Å². The van der Waals surface area contributed by atoms with Crippen molar-refractivity contribution in [1.29, 1.82) is 0 Å². The first kappa shape index (κ1) is 52.8. The molecular weight excluding hydrogens is 639 g/mol. The van der Waals surface area contributed by atoms with E-state index >= 15 is 0 Å². The summed E-state index contributed by atoms with van der Waals surface area (Å²) in [5, 5.41) is 0. The molecule has 1 atom stereocenters. The summed E-state index contributed by atoms with van der Waals surface area (Å²) >= 11 is 0. The maximum atomic E-state index is 5.14. The molecule has 284 valence electrons. The number of unbranched alkanes of at least 4 members (excludes halogenated alkanes) is 17. The Morgan fingerprint density at radius 1 is 0.547 bits per heavy atom. The van der Waals surface area contributed by atoms with Crippen molar-refractivity contribution in [3.05, 3.63) is 23.8 Å². The van der Waals surface area contributed by atoms with E-state index in [2.05, 4.69) is 142 Å². The lowest BCUT2D eigenvalue weighted by Crippen LogP contribution is -2.05. The van der Waals surface area contributed by atoms with Crippen molar-refractivity contribution in [1.82, 2.24) is 0 Å². The van der Waals surface area contributed by atoms with Crippen LogP contribution in [0.3, 0.4) is 0 Å². The Morgan fingerprint density at radius 2 is 0.849 bits per heavy atom. The summed E-state index contributed by atoms with van der Waals surface area (Å²) in [5.74, 6) is 39.0. The first-order chi connectivity index (χ1) is 26.0. The average molecular weight is 710 g/mol. The van der Waals surface area contributed by atoms with Gasteiger partial charge in [0.1, 0.15) is 0 Å². The van der Waals surface area contributed by atoms with Crippen LogP contribution in [0, 0.1) is 113 Å². The van der Waals surface area contributed by atoms with Crippen LogP contribution in [-0.4, -0.2) is 6.54 Å². The lowest BCUT2D eigenvalue weighted by molar-refractivity contribution is 0.529. The third kappa shape index (κ3) is 49.6. The van der Waals surface area contributed by atoms with E-state index in [9.17, 15) is 0 Å². The SMILES string of the molecule is C#CC#CC#CC#CC#CC#CC#CC#CC#C.C=C(C)[C@H]1CC=C(CC)CC1.CCCCCCCCCCCCCCCCCCC.CCCCN. The van der Waals surface area contributed by atoms with Crippen molar-refractivity contribution in [2.45, 2.75) is 182 Å². The third-order valence-electron chi connectivity index (χ3n) is 8.38. The van der Waals surface area contributed by atoms with E-state index in [1.807, 2.05) is 0 Å². The number of hydrogen-bond donors (Lipinski definition) is 1. The minimum atomic E-state index is 0.769. The van der Waals surface area contributed by atoms with Gasteiger partial charge in [-0.2, -0.15) is 0 Å². The Balaban J connectivity index is -0.000000680. The average Bonchev–Trinajstić information content (AvgIpc) is 3.17. The van der Waals surface area contributed by atoms with E-state index in [1.54, 1.807) is 5.57 Å². The molecule has 0 fully saturated rings. The summed E-state index contributed by atoms with van der Waals surface area (Å²) < 4.78 is 0. The molecule has 0 unspecified atom stereocenters. The van der Waals surface area contributed by atoms with Crippen LogP contribution < -0.4 is 5.73 Å². The first-order valence-electron chi connectivity index (χ1n) is 20.4. The largest absolute Gasteiger partial charge is 0.330 e. The molecule has 2 N–H and O–H groups in total. The Morgan fingerprint density at radius 3 is 1.04 bits per heavy atom. The fourth-order valence-electron chi connectivity index (χ4n) is 5.11. The highest BCUT2D eigenvalue weighted by atomic mass is 14.5. The van der Waals surface area contributed by atoms with E-state index in [1.165, 1.54) is 153 Å². The molecule has 0 spiro atoms. The summed E-state index contributed by atoms with van der Waals surface area (Å²) in [6, 6.07) is 0. The molecule has 0 saturated carbocycles. The Labute approximate surface area is 330 Å². The smallest absolute Gasteiger partial charge is 0.0000000000000000272 e. The second-order valence-electron chi connectivity index (χ2n) is 13.0. The molecule has 0 radical (unpaired) electrons. The summed E-state index contributed by atoms with van der Waals surface area (Å²) in [6.07, 6.45) is 44.6. The fourth-order valence-corrected chi connectivity index (χ4v) is 5.11. The molecule has 0 amide bonds. The second kappa shape index (κ2) is 49.6. The minimum absolute atomic E-state index is 0.769. The zero-order chi connectivity index (χ0) is 39.7. The summed E-state index contributed by atoms with van der Waals surface area (Å²) in [7, 11) is 0. The third-order valence-corrected chi connectivity index (χ3v) is 8.38. The van der Waals surface area contributed by atoms with Crippen LogP contribution in [0.1, 0.15) is 182 Å². The number of nitrogens with two attached hydrogens (primary N) is 1. The first-order valence-corrected chi connectivity index (χ1v) is 20.4. The highest BCUT2D eigenvalue weighted by Crippen LogP contribution is 2.29. The van der Waals surface area contributed by atoms with Crippen molar-refractivity contribution in [2.24, 2.45) is 11.7 Å². The standard InChI is InChI=1S/C19H40.C18H2.C11H18.C4H11N/c1-3-5-7-9-11-13-15-17-19-18-16-14-12-10-8-6-4-2;1-3-5-7-9-11-13-15-17-18-16-14-12-10-8-6-4-2;1-4-10-5-7-11(8-6-10)9(2)3;1-2-3-4-5/h3-19H2,1-2H3;1-2H;5,11H,2,4,6-8H2,1,3H3;2-5H2,1H3/t;;11-;/m..0./s1. The number of hydrogen-bond acceptors (Lipinski definition) is 1. The molecule has 0 aliphatic heterocycles. The lowest BCUT2D eigenvalue weighted by Gasteiger charge is -2.21. The monoisotopic (exact) mass is 710 g/mol. The molecule has 0 saturated heterocycles. The molecule has 0 aromatic heterocycles. The molecule has 0 heterocycles. The maximum absolute atomic E-state index is 5.14. The molecular formula is C52H71N. The van der Waals surface area contributed by atoms with Gasteiger partial charge in [-0.05, 0) is 146 Å². The van der Waals surface area contributed by atoms with Gasteiger partial charge in [-0.15, -0.1) is 12.8 Å². The number of allylic oxidation sites excluding steroid dienone is 3. The fraction of sp³-hybridized carbons (Fsp3) is 0.577. The predicted molar refractivity (Wildman–Crippen MR) is 236 cm³/mol. The van der Waals surface area contributed by atoms with Gasteiger partial charge in [0, 0.05) is 0 Å². The minimum Gasteiger partial charge on any atom is -0.330 e. The summed E-state index contributed by atoms with van der Waals surface area (Å²) in [5.41, 5.74) is 8.14. The van der Waals surface area contributed by atoms with Gasteiger partial charge in [-0.25, -0.2) is 0 Å². The molecule has 1 rings (SSSR count). The van der Waals surface area contributed by atoms with Gasteiger partial charge in [0.15, 0.2) is 0 Å². The van der Waals surface area contributed by atoms with E-state index < -0.39 is 0 Å². The van der Waals surface area contributed by atoms with Crippen molar-refractivity contribution in [3.63, 3.8) is 0 Å². The zero-order valence-corrected chi connectivity index (χ0v) is 34.6. The van der Waals surface area contributed by atoms with Crippen molar-refractivity contribution in [3.8, 4) is 108 Å². The lowest BCUT2D eigenvalue weighted by atomic mass is 9.85. The van der Waals surface area contributed by atoms with Crippen molar-refractivity contribution >= 4 is 0 Å². The normalized spacial score (nSPS) is 11.1.